The minimum absolute atomic E-state index is 0.000490. The van der Waals surface area contributed by atoms with Crippen molar-refractivity contribution in [3.63, 3.8) is 0 Å². The molecule has 0 fully saturated rings. The first kappa shape index (κ1) is 16.3. The molecule has 0 radical (unpaired) electrons. The van der Waals surface area contributed by atoms with Gasteiger partial charge in [-0.05, 0) is 6.08 Å². The zero-order chi connectivity index (χ0) is 14.2. The van der Waals surface area contributed by atoms with Crippen LogP contribution in [0, 0.1) is 0 Å². The van der Waals surface area contributed by atoms with Crippen LogP contribution in [-0.2, 0) is 15.2 Å². The molecule has 0 bridgehead atoms. The third-order valence-electron chi connectivity index (χ3n) is 1.63. The number of aliphatic hydroxyl groups excluding tert-OH is 1. The van der Waals surface area contributed by atoms with E-state index in [9.17, 15) is 9.90 Å². The topological polar surface area (TPSA) is 144 Å². The zero-order valence-electron chi connectivity index (χ0n) is 9.22. The molecule has 1 aliphatic rings. The number of aliphatic hydroxyl groups is 1. The summed E-state index contributed by atoms with van der Waals surface area (Å²) in [6, 6.07) is 0. The third kappa shape index (κ3) is 10.8. The van der Waals surface area contributed by atoms with Gasteiger partial charge in [0.1, 0.15) is 5.76 Å². The van der Waals surface area contributed by atoms with Crippen LogP contribution in [0.1, 0.15) is 12.8 Å². The van der Waals surface area contributed by atoms with Crippen LogP contribution in [0.4, 0.5) is 0 Å². The zero-order valence-corrected chi connectivity index (χ0v) is 10.0. The Morgan fingerprint density at radius 2 is 1.94 bits per heavy atom. The van der Waals surface area contributed by atoms with Crippen LogP contribution in [0.3, 0.4) is 0 Å². The monoisotopic (exact) mass is 279 g/mol. The Kier molecular flexibility index (Phi) is 6.86. The molecule has 0 saturated carbocycles. The molecule has 0 aromatic heterocycles. The summed E-state index contributed by atoms with van der Waals surface area (Å²) in [6.45, 7) is 0.219. The van der Waals surface area contributed by atoms with Crippen molar-refractivity contribution in [3.8, 4) is 0 Å². The van der Waals surface area contributed by atoms with Crippen LogP contribution < -0.4 is 0 Å². The Hall–Kier alpha value is -1.71. The van der Waals surface area contributed by atoms with Gasteiger partial charge < -0.3 is 10.2 Å². The smallest absolute Gasteiger partial charge is 0.394 e. The number of carboxylic acid groups (broad SMARTS) is 1. The van der Waals surface area contributed by atoms with Crippen LogP contribution in [0.2, 0.25) is 0 Å². The number of hydrogen-bond acceptors (Lipinski definition) is 5. The molecule has 0 saturated heterocycles. The van der Waals surface area contributed by atoms with E-state index in [0.717, 1.165) is 0 Å². The molecule has 18 heavy (non-hydrogen) atoms. The number of allylic oxidation sites excluding steroid dienone is 4. The number of carboxylic acids is 1. The second kappa shape index (κ2) is 7.58. The van der Waals surface area contributed by atoms with Gasteiger partial charge in [-0.25, -0.2) is 0 Å². The van der Waals surface area contributed by atoms with Gasteiger partial charge in [0.2, 0.25) is 0 Å². The number of hydrogen-bond donors (Lipinski definition) is 4. The molecule has 0 aliphatic heterocycles. The highest BCUT2D eigenvalue weighted by atomic mass is 32.3. The largest absolute Gasteiger partial charge is 0.506 e. The maximum Gasteiger partial charge on any atom is 0.394 e. The SMILES string of the molecule is O=C(O)CCN=C1CC=CC=C1O.O=S(=O)(O)O. The van der Waals surface area contributed by atoms with E-state index in [4.69, 9.17) is 22.6 Å². The standard InChI is InChI=1S/C9H11NO3.H2O4S/c11-8-4-2-1-3-7(8)10-6-5-9(12)13;1-5(2,3)4/h1-2,4,11H,3,5-6H2,(H,12,13);(H2,1,2,3,4). The Morgan fingerprint density at radius 3 is 2.39 bits per heavy atom. The van der Waals surface area contributed by atoms with Crippen LogP contribution in [0.25, 0.3) is 0 Å². The molecule has 102 valence electrons. The summed E-state index contributed by atoms with van der Waals surface area (Å²) in [4.78, 5) is 14.1. The number of aliphatic carboxylic acids is 1. The van der Waals surface area contributed by atoms with Gasteiger partial charge in [-0.3, -0.25) is 18.9 Å². The molecule has 0 aromatic carbocycles. The molecule has 9 heteroatoms. The first-order valence-corrected chi connectivity index (χ1v) is 6.11. The van der Waals surface area contributed by atoms with E-state index in [1.54, 1.807) is 12.2 Å². The predicted octanol–water partition coefficient (Wildman–Crippen LogP) is 0.651. The summed E-state index contributed by atoms with van der Waals surface area (Å²) in [5, 5.41) is 17.6. The van der Waals surface area contributed by atoms with Crippen molar-refractivity contribution >= 4 is 22.1 Å². The number of aliphatic imine (C=N–C) groups is 1. The van der Waals surface area contributed by atoms with Gasteiger partial charge in [0.05, 0.1) is 12.1 Å². The molecule has 1 aliphatic carbocycles. The number of rotatable bonds is 3. The van der Waals surface area contributed by atoms with Crippen LogP contribution in [0.5, 0.6) is 0 Å². The highest BCUT2D eigenvalue weighted by Gasteiger charge is 2.05. The lowest BCUT2D eigenvalue weighted by Crippen LogP contribution is -2.06. The van der Waals surface area contributed by atoms with Gasteiger partial charge in [0.15, 0.2) is 0 Å². The summed E-state index contributed by atoms with van der Waals surface area (Å²) < 4.78 is 31.6. The van der Waals surface area contributed by atoms with Crippen molar-refractivity contribution in [2.45, 2.75) is 12.8 Å². The molecule has 0 amide bonds. The van der Waals surface area contributed by atoms with Crippen molar-refractivity contribution in [1.29, 1.82) is 0 Å². The Balaban J connectivity index is 0.000000494. The van der Waals surface area contributed by atoms with Gasteiger partial charge >= 0.3 is 16.4 Å². The highest BCUT2D eigenvalue weighted by Crippen LogP contribution is 2.06. The minimum Gasteiger partial charge on any atom is -0.506 e. The van der Waals surface area contributed by atoms with Gasteiger partial charge in [0, 0.05) is 13.0 Å². The lowest BCUT2D eigenvalue weighted by molar-refractivity contribution is -0.136. The highest BCUT2D eigenvalue weighted by molar-refractivity contribution is 7.79. The molecular weight excluding hydrogens is 266 g/mol. The van der Waals surface area contributed by atoms with E-state index in [2.05, 4.69) is 4.99 Å². The van der Waals surface area contributed by atoms with Crippen LogP contribution in [-0.4, -0.2) is 46.0 Å². The normalized spacial score (nSPS) is 16.8. The molecule has 0 atom stereocenters. The lowest BCUT2D eigenvalue weighted by atomic mass is 10.1. The van der Waals surface area contributed by atoms with Gasteiger partial charge in [0.25, 0.3) is 0 Å². The quantitative estimate of drug-likeness (QED) is 0.555. The molecule has 0 aromatic rings. The Morgan fingerprint density at radius 1 is 1.39 bits per heavy atom. The fraction of sp³-hybridized carbons (Fsp3) is 0.333. The molecule has 1 rings (SSSR count). The Bertz CT molecular complexity index is 467. The van der Waals surface area contributed by atoms with E-state index < -0.39 is 16.4 Å². The van der Waals surface area contributed by atoms with Crippen molar-refractivity contribution in [1.82, 2.24) is 0 Å². The Labute approximate surface area is 104 Å². The second-order valence-corrected chi connectivity index (χ2v) is 4.00. The van der Waals surface area contributed by atoms with E-state index in [-0.39, 0.29) is 18.7 Å². The minimum atomic E-state index is -4.67. The maximum absolute atomic E-state index is 10.2. The van der Waals surface area contributed by atoms with E-state index in [1.807, 2.05) is 6.08 Å². The summed E-state index contributed by atoms with van der Waals surface area (Å²) in [5.41, 5.74) is 0.559. The molecule has 4 N–H and O–H groups in total. The van der Waals surface area contributed by atoms with Gasteiger partial charge in [-0.1, -0.05) is 12.2 Å². The van der Waals surface area contributed by atoms with Gasteiger partial charge in [-0.2, -0.15) is 8.42 Å². The molecule has 8 nitrogen and oxygen atoms in total. The molecule has 0 unspecified atom stereocenters. The number of carbonyl (C=O) groups is 1. The van der Waals surface area contributed by atoms with Crippen molar-refractivity contribution in [2.75, 3.05) is 6.54 Å². The lowest BCUT2D eigenvalue weighted by Gasteiger charge is -2.05. The van der Waals surface area contributed by atoms with Crippen molar-refractivity contribution in [3.05, 3.63) is 24.0 Å². The molecular formula is C9H13NO7S. The summed E-state index contributed by atoms with van der Waals surface area (Å²) in [6.07, 6.45) is 5.72. The molecule has 0 spiro atoms. The first-order chi connectivity index (χ1) is 8.20. The average molecular weight is 279 g/mol. The summed E-state index contributed by atoms with van der Waals surface area (Å²) in [5.74, 6) is -0.743. The van der Waals surface area contributed by atoms with Crippen molar-refractivity contribution in [2.24, 2.45) is 4.99 Å². The van der Waals surface area contributed by atoms with Crippen molar-refractivity contribution < 1.29 is 32.5 Å². The van der Waals surface area contributed by atoms with E-state index in [0.29, 0.717) is 12.1 Å². The van der Waals surface area contributed by atoms with Crippen LogP contribution in [0.15, 0.2) is 29.0 Å². The van der Waals surface area contributed by atoms with Gasteiger partial charge in [-0.15, -0.1) is 0 Å². The third-order valence-corrected chi connectivity index (χ3v) is 1.63. The fourth-order valence-corrected chi connectivity index (χ4v) is 0.972. The summed E-state index contributed by atoms with van der Waals surface area (Å²) in [7, 11) is -4.67. The average Bonchev–Trinajstić information content (AvgIpc) is 2.18. The van der Waals surface area contributed by atoms with Crippen LogP contribution >= 0.6 is 0 Å². The predicted molar refractivity (Wildman–Crippen MR) is 63.2 cm³/mol. The van der Waals surface area contributed by atoms with E-state index >= 15 is 0 Å². The van der Waals surface area contributed by atoms with E-state index in [1.165, 1.54) is 0 Å². The molecule has 0 heterocycles. The first-order valence-electron chi connectivity index (χ1n) is 4.71. The second-order valence-electron chi connectivity index (χ2n) is 3.10. The summed E-state index contributed by atoms with van der Waals surface area (Å²) >= 11 is 0. The number of nitrogens with zero attached hydrogens (tertiary/aromatic N) is 1. The maximum atomic E-state index is 10.2. The fourth-order valence-electron chi connectivity index (χ4n) is 0.972.